The Labute approximate surface area is 185 Å². The molecule has 0 saturated carbocycles. The number of fused-ring (bicyclic) bond motifs is 1. The molecule has 1 unspecified atom stereocenters. The SMILES string of the molecule is CCC(c1c(-c2ccccc2)[nH]c2ccccc12)P(c1ccccc1)c1ccccc1. The van der Waals surface area contributed by atoms with Crippen molar-refractivity contribution in [2.75, 3.05) is 0 Å². The molecule has 5 rings (SSSR count). The van der Waals surface area contributed by atoms with Crippen molar-refractivity contribution in [3.8, 4) is 11.3 Å². The van der Waals surface area contributed by atoms with Crippen LogP contribution < -0.4 is 10.6 Å². The Bertz CT molecular complexity index is 1220. The maximum absolute atomic E-state index is 3.76. The van der Waals surface area contributed by atoms with Gasteiger partial charge in [0.05, 0.1) is 5.69 Å². The predicted molar refractivity (Wildman–Crippen MR) is 136 cm³/mol. The van der Waals surface area contributed by atoms with Crippen molar-refractivity contribution in [1.29, 1.82) is 0 Å². The molecule has 0 saturated heterocycles. The van der Waals surface area contributed by atoms with E-state index in [0.29, 0.717) is 5.66 Å². The molecule has 1 N–H and O–H groups in total. The van der Waals surface area contributed by atoms with E-state index >= 15 is 0 Å². The zero-order valence-corrected chi connectivity index (χ0v) is 18.6. The third kappa shape index (κ3) is 3.82. The van der Waals surface area contributed by atoms with Crippen molar-refractivity contribution in [2.24, 2.45) is 0 Å². The van der Waals surface area contributed by atoms with E-state index in [1.165, 1.54) is 38.3 Å². The van der Waals surface area contributed by atoms with Gasteiger partial charge in [-0.3, -0.25) is 0 Å². The Balaban J connectivity index is 1.77. The lowest BCUT2D eigenvalue weighted by Crippen LogP contribution is -2.17. The second kappa shape index (κ2) is 8.92. The summed E-state index contributed by atoms with van der Waals surface area (Å²) in [6.45, 7) is 2.34. The third-order valence-corrected chi connectivity index (χ3v) is 8.86. The largest absolute Gasteiger partial charge is 0.354 e. The molecule has 0 bridgehead atoms. The summed E-state index contributed by atoms with van der Waals surface area (Å²) in [6.07, 6.45) is 1.08. The number of para-hydroxylation sites is 1. The number of rotatable bonds is 6. The summed E-state index contributed by atoms with van der Waals surface area (Å²) in [6, 6.07) is 41.7. The first-order valence-electron chi connectivity index (χ1n) is 10.9. The van der Waals surface area contributed by atoms with Crippen molar-refractivity contribution >= 4 is 29.4 Å². The van der Waals surface area contributed by atoms with E-state index in [4.69, 9.17) is 0 Å². The van der Waals surface area contributed by atoms with Gasteiger partial charge in [-0.05, 0) is 42.1 Å². The lowest BCUT2D eigenvalue weighted by Gasteiger charge is -2.29. The summed E-state index contributed by atoms with van der Waals surface area (Å²) < 4.78 is 0. The number of nitrogens with one attached hydrogen (secondary N) is 1. The molecule has 0 aliphatic carbocycles. The van der Waals surface area contributed by atoms with Crippen LogP contribution in [-0.2, 0) is 0 Å². The minimum absolute atomic E-state index is 0.408. The number of H-pyrrole nitrogens is 1. The van der Waals surface area contributed by atoms with Crippen LogP contribution in [0.25, 0.3) is 22.2 Å². The summed E-state index contributed by atoms with van der Waals surface area (Å²) >= 11 is 0. The van der Waals surface area contributed by atoms with Crippen LogP contribution in [0.4, 0.5) is 0 Å². The van der Waals surface area contributed by atoms with Crippen LogP contribution in [-0.4, -0.2) is 4.98 Å². The van der Waals surface area contributed by atoms with E-state index in [1.54, 1.807) is 0 Å². The minimum Gasteiger partial charge on any atom is -0.354 e. The Hall–Kier alpha value is -3.15. The normalized spacial score (nSPS) is 12.3. The zero-order valence-electron chi connectivity index (χ0n) is 17.7. The molecule has 0 radical (unpaired) electrons. The number of hydrogen-bond donors (Lipinski definition) is 1. The van der Waals surface area contributed by atoms with Gasteiger partial charge in [-0.2, -0.15) is 0 Å². The topological polar surface area (TPSA) is 15.8 Å². The van der Waals surface area contributed by atoms with E-state index in [1.807, 2.05) is 0 Å². The summed E-state index contributed by atoms with van der Waals surface area (Å²) in [5.74, 6) is 0. The molecule has 5 aromatic rings. The summed E-state index contributed by atoms with van der Waals surface area (Å²) in [5, 5.41) is 4.20. The van der Waals surface area contributed by atoms with Crippen molar-refractivity contribution in [1.82, 2.24) is 4.98 Å². The molecule has 2 heteroatoms. The highest BCUT2D eigenvalue weighted by Gasteiger charge is 2.29. The lowest BCUT2D eigenvalue weighted by atomic mass is 10.0. The summed E-state index contributed by atoms with van der Waals surface area (Å²) in [7, 11) is -0.565. The Morgan fingerprint density at radius 1 is 0.645 bits per heavy atom. The highest BCUT2D eigenvalue weighted by atomic mass is 31.1. The van der Waals surface area contributed by atoms with Crippen LogP contribution in [0.2, 0.25) is 0 Å². The maximum Gasteiger partial charge on any atom is 0.0504 e. The molecule has 152 valence electrons. The van der Waals surface area contributed by atoms with Crippen LogP contribution in [0.5, 0.6) is 0 Å². The van der Waals surface area contributed by atoms with Crippen molar-refractivity contribution in [3.05, 3.63) is 121 Å². The van der Waals surface area contributed by atoms with Gasteiger partial charge in [0, 0.05) is 16.6 Å². The fourth-order valence-electron chi connectivity index (χ4n) is 4.54. The van der Waals surface area contributed by atoms with Crippen LogP contribution in [0.3, 0.4) is 0 Å². The predicted octanol–water partition coefficient (Wildman–Crippen LogP) is 7.42. The lowest BCUT2D eigenvalue weighted by molar-refractivity contribution is 0.896. The number of aromatic nitrogens is 1. The summed E-state index contributed by atoms with van der Waals surface area (Å²) in [4.78, 5) is 3.76. The summed E-state index contributed by atoms with van der Waals surface area (Å²) in [5.41, 5.74) is 5.58. The van der Waals surface area contributed by atoms with E-state index in [2.05, 4.69) is 127 Å². The molecular weight excluding hydrogens is 393 g/mol. The van der Waals surface area contributed by atoms with Crippen LogP contribution in [0, 0.1) is 0 Å². The highest BCUT2D eigenvalue weighted by Crippen LogP contribution is 2.55. The molecule has 0 aliphatic heterocycles. The van der Waals surface area contributed by atoms with Gasteiger partial charge in [0.15, 0.2) is 0 Å². The molecule has 1 aromatic heterocycles. The Morgan fingerprint density at radius 2 is 1.16 bits per heavy atom. The molecule has 0 fully saturated rings. The van der Waals surface area contributed by atoms with Crippen LogP contribution >= 0.6 is 7.92 Å². The standard InChI is InChI=1S/C29H26NP/c1-2-27(31(23-16-8-4-9-17-23)24-18-10-5-11-19-24)28-25-20-12-13-21-26(25)30-29(28)22-14-6-3-7-15-22/h3-21,27,30H,2H2,1H3. The fraction of sp³-hybridized carbons (Fsp3) is 0.103. The van der Waals surface area contributed by atoms with Crippen molar-refractivity contribution in [3.63, 3.8) is 0 Å². The molecule has 0 spiro atoms. The second-order valence-electron chi connectivity index (χ2n) is 7.79. The van der Waals surface area contributed by atoms with Gasteiger partial charge in [-0.25, -0.2) is 0 Å². The van der Waals surface area contributed by atoms with Crippen molar-refractivity contribution in [2.45, 2.75) is 19.0 Å². The van der Waals surface area contributed by atoms with Gasteiger partial charge in [-0.15, -0.1) is 0 Å². The Morgan fingerprint density at radius 3 is 1.74 bits per heavy atom. The first-order valence-corrected chi connectivity index (χ1v) is 12.3. The van der Waals surface area contributed by atoms with Gasteiger partial charge >= 0.3 is 0 Å². The molecule has 0 aliphatic rings. The highest BCUT2D eigenvalue weighted by molar-refractivity contribution is 7.73. The van der Waals surface area contributed by atoms with E-state index < -0.39 is 7.92 Å². The van der Waals surface area contributed by atoms with E-state index in [0.717, 1.165) is 6.42 Å². The minimum atomic E-state index is -0.565. The molecule has 31 heavy (non-hydrogen) atoms. The van der Waals surface area contributed by atoms with E-state index in [9.17, 15) is 0 Å². The van der Waals surface area contributed by atoms with Gasteiger partial charge in [0.2, 0.25) is 0 Å². The fourth-order valence-corrected chi connectivity index (χ4v) is 7.44. The molecule has 1 heterocycles. The third-order valence-electron chi connectivity index (χ3n) is 5.91. The van der Waals surface area contributed by atoms with Gasteiger partial charge in [0.25, 0.3) is 0 Å². The molecular formula is C29H26NP. The molecule has 4 aromatic carbocycles. The van der Waals surface area contributed by atoms with E-state index in [-0.39, 0.29) is 0 Å². The first-order chi connectivity index (χ1) is 15.4. The monoisotopic (exact) mass is 419 g/mol. The molecule has 1 atom stereocenters. The first kappa shape index (κ1) is 19.8. The quantitative estimate of drug-likeness (QED) is 0.276. The zero-order chi connectivity index (χ0) is 21.0. The van der Waals surface area contributed by atoms with Crippen LogP contribution in [0.15, 0.2) is 115 Å². The maximum atomic E-state index is 3.76. The smallest absolute Gasteiger partial charge is 0.0504 e. The van der Waals surface area contributed by atoms with Gasteiger partial charge in [-0.1, -0.05) is 116 Å². The van der Waals surface area contributed by atoms with Gasteiger partial charge < -0.3 is 4.98 Å². The Kier molecular flexibility index (Phi) is 5.69. The number of hydrogen-bond acceptors (Lipinski definition) is 0. The van der Waals surface area contributed by atoms with Gasteiger partial charge in [0.1, 0.15) is 0 Å². The second-order valence-corrected chi connectivity index (χ2v) is 10.2. The average Bonchev–Trinajstić information content (AvgIpc) is 3.23. The van der Waals surface area contributed by atoms with Crippen LogP contribution in [0.1, 0.15) is 24.6 Å². The van der Waals surface area contributed by atoms with Crippen molar-refractivity contribution < 1.29 is 0 Å². The number of aromatic amines is 1. The molecule has 0 amide bonds. The molecule has 1 nitrogen and oxygen atoms in total. The number of benzene rings is 4. The average molecular weight is 420 g/mol.